The summed E-state index contributed by atoms with van der Waals surface area (Å²) < 4.78 is 0. The zero-order valence-electron chi connectivity index (χ0n) is 8.22. The second kappa shape index (κ2) is 2.02. The fourth-order valence-electron chi connectivity index (χ4n) is 3.68. The van der Waals surface area contributed by atoms with Crippen LogP contribution in [-0.4, -0.2) is 0 Å². The molecular formula is C11H20. The minimum Gasteiger partial charge on any atom is -0.0620 e. The van der Waals surface area contributed by atoms with E-state index < -0.39 is 0 Å². The van der Waals surface area contributed by atoms with Crippen LogP contribution in [0.4, 0.5) is 0 Å². The van der Waals surface area contributed by atoms with Crippen molar-refractivity contribution in [3.63, 3.8) is 0 Å². The molecule has 0 N–H and O–H groups in total. The molecule has 2 aliphatic carbocycles. The van der Waals surface area contributed by atoms with E-state index in [1.165, 1.54) is 12.8 Å². The minimum absolute atomic E-state index is 0.663. The zero-order valence-corrected chi connectivity index (χ0v) is 8.22. The third kappa shape index (κ3) is 0.878. The van der Waals surface area contributed by atoms with Gasteiger partial charge in [-0.1, -0.05) is 27.7 Å². The molecule has 0 heteroatoms. The van der Waals surface area contributed by atoms with Gasteiger partial charge in [-0.25, -0.2) is 0 Å². The maximum Gasteiger partial charge on any atom is -0.0320 e. The molecule has 0 aromatic carbocycles. The topological polar surface area (TPSA) is 0 Å². The Morgan fingerprint density at radius 2 is 1.73 bits per heavy atom. The molecule has 0 heterocycles. The number of fused-ring (bicyclic) bond motifs is 2. The first kappa shape index (κ1) is 7.64. The summed E-state index contributed by atoms with van der Waals surface area (Å²) in [6.45, 7) is 9.82. The van der Waals surface area contributed by atoms with Crippen molar-refractivity contribution < 1.29 is 0 Å². The summed E-state index contributed by atoms with van der Waals surface area (Å²) in [7, 11) is 0. The second-order valence-electron chi connectivity index (χ2n) is 5.51. The molecule has 0 amide bonds. The SMILES string of the molecule is CC1C2CC(C1C)C(C)(C)C2. The lowest BCUT2D eigenvalue weighted by atomic mass is 9.68. The van der Waals surface area contributed by atoms with Gasteiger partial charge < -0.3 is 0 Å². The summed E-state index contributed by atoms with van der Waals surface area (Å²) >= 11 is 0. The van der Waals surface area contributed by atoms with Gasteiger partial charge in [0.05, 0.1) is 0 Å². The molecule has 0 aliphatic heterocycles. The van der Waals surface area contributed by atoms with Crippen LogP contribution in [0.5, 0.6) is 0 Å². The summed E-state index contributed by atoms with van der Waals surface area (Å²) in [6, 6.07) is 0. The van der Waals surface area contributed by atoms with Gasteiger partial charge in [0.1, 0.15) is 0 Å². The van der Waals surface area contributed by atoms with E-state index in [1.807, 2.05) is 0 Å². The van der Waals surface area contributed by atoms with Gasteiger partial charge in [-0.3, -0.25) is 0 Å². The van der Waals surface area contributed by atoms with Crippen molar-refractivity contribution in [2.75, 3.05) is 0 Å². The Labute approximate surface area is 70.4 Å². The third-order valence-electron chi connectivity index (χ3n) is 4.56. The van der Waals surface area contributed by atoms with Gasteiger partial charge >= 0.3 is 0 Å². The highest BCUT2D eigenvalue weighted by molar-refractivity contribution is 5.01. The molecule has 2 aliphatic rings. The van der Waals surface area contributed by atoms with E-state index in [0.717, 1.165) is 23.7 Å². The first-order valence-electron chi connectivity index (χ1n) is 5.02. The average Bonchev–Trinajstić information content (AvgIpc) is 2.31. The van der Waals surface area contributed by atoms with Gasteiger partial charge in [0, 0.05) is 0 Å². The first-order valence-corrected chi connectivity index (χ1v) is 5.02. The molecule has 4 atom stereocenters. The highest BCUT2D eigenvalue weighted by atomic mass is 14.6. The van der Waals surface area contributed by atoms with Gasteiger partial charge in [-0.15, -0.1) is 0 Å². The van der Waals surface area contributed by atoms with E-state index in [0.29, 0.717) is 5.41 Å². The molecule has 0 saturated heterocycles. The summed E-state index contributed by atoms with van der Waals surface area (Å²) in [5.74, 6) is 4.09. The Kier molecular flexibility index (Phi) is 1.41. The molecule has 0 aromatic rings. The summed E-state index contributed by atoms with van der Waals surface area (Å²) in [5, 5.41) is 0. The summed E-state index contributed by atoms with van der Waals surface area (Å²) in [6.07, 6.45) is 3.01. The Morgan fingerprint density at radius 1 is 1.09 bits per heavy atom. The lowest BCUT2D eigenvalue weighted by Crippen LogP contribution is -2.30. The lowest BCUT2D eigenvalue weighted by Gasteiger charge is -2.37. The molecule has 2 rings (SSSR count). The van der Waals surface area contributed by atoms with Gasteiger partial charge in [0.2, 0.25) is 0 Å². The molecule has 11 heavy (non-hydrogen) atoms. The number of hydrogen-bond donors (Lipinski definition) is 0. The molecule has 0 spiro atoms. The molecule has 0 radical (unpaired) electrons. The fourth-order valence-corrected chi connectivity index (χ4v) is 3.68. The van der Waals surface area contributed by atoms with E-state index in [2.05, 4.69) is 27.7 Å². The van der Waals surface area contributed by atoms with Crippen LogP contribution >= 0.6 is 0 Å². The quantitative estimate of drug-likeness (QED) is 0.499. The van der Waals surface area contributed by atoms with Crippen molar-refractivity contribution in [2.45, 2.75) is 40.5 Å². The van der Waals surface area contributed by atoms with Crippen LogP contribution in [0.2, 0.25) is 0 Å². The average molecular weight is 152 g/mol. The van der Waals surface area contributed by atoms with Crippen LogP contribution in [0.3, 0.4) is 0 Å². The van der Waals surface area contributed by atoms with Crippen molar-refractivity contribution in [1.29, 1.82) is 0 Å². The van der Waals surface area contributed by atoms with Crippen LogP contribution in [0, 0.1) is 29.1 Å². The summed E-state index contributed by atoms with van der Waals surface area (Å²) in [5.41, 5.74) is 0.663. The van der Waals surface area contributed by atoms with Crippen LogP contribution in [0.1, 0.15) is 40.5 Å². The normalized spacial score (nSPS) is 53.5. The Bertz CT molecular complexity index is 167. The van der Waals surface area contributed by atoms with Crippen LogP contribution in [0.25, 0.3) is 0 Å². The molecule has 2 fully saturated rings. The smallest absolute Gasteiger partial charge is 0.0320 e. The van der Waals surface area contributed by atoms with Gasteiger partial charge in [0.25, 0.3) is 0 Å². The van der Waals surface area contributed by atoms with E-state index in [1.54, 1.807) is 0 Å². The van der Waals surface area contributed by atoms with Crippen LogP contribution < -0.4 is 0 Å². The van der Waals surface area contributed by atoms with Crippen LogP contribution in [0.15, 0.2) is 0 Å². The van der Waals surface area contributed by atoms with E-state index in [9.17, 15) is 0 Å². The first-order chi connectivity index (χ1) is 5.02. The fraction of sp³-hybridized carbons (Fsp3) is 1.00. The molecule has 64 valence electrons. The van der Waals surface area contributed by atoms with Crippen molar-refractivity contribution in [1.82, 2.24) is 0 Å². The molecule has 0 aromatic heterocycles. The standard InChI is InChI=1S/C11H20/c1-7-8(2)10-5-9(7)6-11(10,3)4/h7-10H,5-6H2,1-4H3. The monoisotopic (exact) mass is 152 g/mol. The number of rotatable bonds is 0. The Hall–Kier alpha value is 0. The predicted molar refractivity (Wildman–Crippen MR) is 48.3 cm³/mol. The summed E-state index contributed by atoms with van der Waals surface area (Å²) in [4.78, 5) is 0. The molecular weight excluding hydrogens is 132 g/mol. The Morgan fingerprint density at radius 3 is 2.09 bits per heavy atom. The van der Waals surface area contributed by atoms with Crippen molar-refractivity contribution in [3.8, 4) is 0 Å². The van der Waals surface area contributed by atoms with Gasteiger partial charge in [0.15, 0.2) is 0 Å². The second-order valence-corrected chi connectivity index (χ2v) is 5.51. The van der Waals surface area contributed by atoms with Gasteiger partial charge in [-0.05, 0) is 41.9 Å². The third-order valence-corrected chi connectivity index (χ3v) is 4.56. The van der Waals surface area contributed by atoms with Crippen LogP contribution in [-0.2, 0) is 0 Å². The van der Waals surface area contributed by atoms with Crippen molar-refractivity contribution in [2.24, 2.45) is 29.1 Å². The van der Waals surface area contributed by atoms with Gasteiger partial charge in [-0.2, -0.15) is 0 Å². The maximum atomic E-state index is 2.46. The molecule has 2 saturated carbocycles. The van der Waals surface area contributed by atoms with E-state index >= 15 is 0 Å². The van der Waals surface area contributed by atoms with E-state index in [4.69, 9.17) is 0 Å². The molecule has 2 bridgehead atoms. The van der Waals surface area contributed by atoms with E-state index in [-0.39, 0.29) is 0 Å². The minimum atomic E-state index is 0.663. The lowest BCUT2D eigenvalue weighted by molar-refractivity contribution is 0.118. The maximum absolute atomic E-state index is 2.46. The molecule has 4 unspecified atom stereocenters. The largest absolute Gasteiger partial charge is 0.0620 e. The highest BCUT2D eigenvalue weighted by Crippen LogP contribution is 2.60. The van der Waals surface area contributed by atoms with Crippen molar-refractivity contribution >= 4 is 0 Å². The Balaban J connectivity index is 2.23. The van der Waals surface area contributed by atoms with Crippen molar-refractivity contribution in [3.05, 3.63) is 0 Å². The highest BCUT2D eigenvalue weighted by Gasteiger charge is 2.52. The number of hydrogen-bond acceptors (Lipinski definition) is 0. The zero-order chi connectivity index (χ0) is 8.22. The predicted octanol–water partition coefficient (Wildman–Crippen LogP) is 3.32. The molecule has 0 nitrogen and oxygen atoms in total.